The molecule has 0 amide bonds. The number of hydrogen-bond donors (Lipinski definition) is 1. The maximum absolute atomic E-state index is 3.82. The summed E-state index contributed by atoms with van der Waals surface area (Å²) in [4.78, 5) is 2.73. The second-order valence-corrected chi connectivity index (χ2v) is 7.98. The van der Waals surface area contributed by atoms with E-state index >= 15 is 0 Å². The van der Waals surface area contributed by atoms with Crippen LogP contribution >= 0.6 is 0 Å². The summed E-state index contributed by atoms with van der Waals surface area (Å²) >= 11 is 0. The second kappa shape index (κ2) is 6.13. The average Bonchev–Trinajstić information content (AvgIpc) is 2.77. The average molecular weight is 266 g/mol. The molecule has 0 saturated carbocycles. The molecule has 0 aromatic carbocycles. The fourth-order valence-corrected chi connectivity index (χ4v) is 4.16. The van der Waals surface area contributed by atoms with E-state index in [-0.39, 0.29) is 0 Å². The normalized spacial score (nSPS) is 30.9. The van der Waals surface area contributed by atoms with Gasteiger partial charge < -0.3 is 10.2 Å². The lowest BCUT2D eigenvalue weighted by Gasteiger charge is -2.42. The van der Waals surface area contributed by atoms with Crippen LogP contribution in [0.15, 0.2) is 0 Å². The van der Waals surface area contributed by atoms with Crippen molar-refractivity contribution in [2.45, 2.75) is 71.8 Å². The van der Waals surface area contributed by atoms with Gasteiger partial charge in [-0.1, -0.05) is 34.1 Å². The summed E-state index contributed by atoms with van der Waals surface area (Å²) in [7, 11) is 0. The molecule has 1 unspecified atom stereocenters. The second-order valence-electron chi connectivity index (χ2n) is 7.98. The van der Waals surface area contributed by atoms with Crippen LogP contribution in [0.25, 0.3) is 0 Å². The summed E-state index contributed by atoms with van der Waals surface area (Å²) in [5.41, 5.74) is 0.947. The molecule has 2 aliphatic rings. The lowest BCUT2D eigenvalue weighted by atomic mass is 9.75. The molecule has 1 atom stereocenters. The van der Waals surface area contributed by atoms with Gasteiger partial charge in [-0.15, -0.1) is 0 Å². The van der Waals surface area contributed by atoms with Crippen LogP contribution in [-0.4, -0.2) is 36.6 Å². The Kier molecular flexibility index (Phi) is 4.94. The van der Waals surface area contributed by atoms with E-state index in [0.717, 1.165) is 5.92 Å². The third kappa shape index (κ3) is 3.95. The van der Waals surface area contributed by atoms with E-state index < -0.39 is 0 Å². The van der Waals surface area contributed by atoms with Crippen LogP contribution < -0.4 is 5.32 Å². The summed E-state index contributed by atoms with van der Waals surface area (Å²) in [6.45, 7) is 14.7. The third-order valence-corrected chi connectivity index (χ3v) is 5.40. The Balaban J connectivity index is 1.84. The molecule has 2 aliphatic heterocycles. The first-order valence-corrected chi connectivity index (χ1v) is 8.43. The number of likely N-dealkylation sites (tertiary alicyclic amines) is 1. The molecule has 0 aliphatic carbocycles. The lowest BCUT2D eigenvalue weighted by molar-refractivity contribution is 0.0887. The van der Waals surface area contributed by atoms with Gasteiger partial charge >= 0.3 is 0 Å². The maximum atomic E-state index is 3.82. The Morgan fingerprint density at radius 1 is 1.21 bits per heavy atom. The van der Waals surface area contributed by atoms with Crippen LogP contribution in [0.1, 0.15) is 66.2 Å². The number of rotatable bonds is 4. The van der Waals surface area contributed by atoms with Crippen LogP contribution in [0, 0.1) is 11.3 Å². The molecule has 0 bridgehead atoms. The minimum Gasteiger partial charge on any atom is -0.310 e. The van der Waals surface area contributed by atoms with E-state index in [2.05, 4.69) is 37.9 Å². The summed E-state index contributed by atoms with van der Waals surface area (Å²) in [6.07, 6.45) is 8.22. The SMILES string of the molecule is CCCC1(CN2CCC(C(C)(C)C)CC2)CCCN1. The van der Waals surface area contributed by atoms with Crippen molar-refractivity contribution in [1.29, 1.82) is 0 Å². The molecule has 0 radical (unpaired) electrons. The van der Waals surface area contributed by atoms with Crippen LogP contribution in [-0.2, 0) is 0 Å². The van der Waals surface area contributed by atoms with Gasteiger partial charge in [0.15, 0.2) is 0 Å². The predicted molar refractivity (Wildman–Crippen MR) is 83.5 cm³/mol. The topological polar surface area (TPSA) is 15.3 Å². The van der Waals surface area contributed by atoms with Crippen LogP contribution in [0.4, 0.5) is 0 Å². The minimum absolute atomic E-state index is 0.448. The van der Waals surface area contributed by atoms with Gasteiger partial charge in [0.1, 0.15) is 0 Å². The Hall–Kier alpha value is -0.0800. The molecule has 2 nitrogen and oxygen atoms in total. The zero-order valence-corrected chi connectivity index (χ0v) is 13.6. The zero-order valence-electron chi connectivity index (χ0n) is 13.6. The fraction of sp³-hybridized carbons (Fsp3) is 1.00. The van der Waals surface area contributed by atoms with Crippen molar-refractivity contribution < 1.29 is 0 Å². The van der Waals surface area contributed by atoms with Crippen molar-refractivity contribution in [1.82, 2.24) is 10.2 Å². The van der Waals surface area contributed by atoms with Crippen LogP contribution in [0.2, 0.25) is 0 Å². The first-order chi connectivity index (χ1) is 8.95. The van der Waals surface area contributed by atoms with Crippen molar-refractivity contribution in [3.05, 3.63) is 0 Å². The van der Waals surface area contributed by atoms with Crippen LogP contribution in [0.3, 0.4) is 0 Å². The van der Waals surface area contributed by atoms with E-state index in [0.29, 0.717) is 11.0 Å². The van der Waals surface area contributed by atoms with E-state index in [9.17, 15) is 0 Å². The number of hydrogen-bond acceptors (Lipinski definition) is 2. The lowest BCUT2D eigenvalue weighted by Crippen LogP contribution is -2.52. The van der Waals surface area contributed by atoms with E-state index in [1.54, 1.807) is 0 Å². The zero-order chi connectivity index (χ0) is 13.9. The maximum Gasteiger partial charge on any atom is 0.0309 e. The monoisotopic (exact) mass is 266 g/mol. The Labute approximate surface area is 120 Å². The molecule has 0 spiro atoms. The molecule has 19 heavy (non-hydrogen) atoms. The Morgan fingerprint density at radius 3 is 2.37 bits per heavy atom. The first-order valence-electron chi connectivity index (χ1n) is 8.43. The quantitative estimate of drug-likeness (QED) is 0.835. The Bertz CT molecular complexity index is 265. The van der Waals surface area contributed by atoms with Crippen molar-refractivity contribution in [2.75, 3.05) is 26.2 Å². The molecule has 2 saturated heterocycles. The minimum atomic E-state index is 0.448. The highest BCUT2D eigenvalue weighted by Gasteiger charge is 2.36. The molecular formula is C17H34N2. The molecule has 0 aromatic heterocycles. The van der Waals surface area contributed by atoms with Crippen LogP contribution in [0.5, 0.6) is 0 Å². The van der Waals surface area contributed by atoms with Gasteiger partial charge in [-0.05, 0) is 63.1 Å². The highest BCUT2D eigenvalue weighted by molar-refractivity contribution is 4.96. The standard InChI is InChI=1S/C17H34N2/c1-5-9-17(10-6-11-18-17)14-19-12-7-15(8-13-19)16(2,3)4/h15,18H,5-14H2,1-4H3. The summed E-state index contributed by atoms with van der Waals surface area (Å²) < 4.78 is 0. The number of nitrogens with one attached hydrogen (secondary N) is 1. The van der Waals surface area contributed by atoms with Gasteiger partial charge in [-0.2, -0.15) is 0 Å². The van der Waals surface area contributed by atoms with Gasteiger partial charge in [0.2, 0.25) is 0 Å². The molecule has 1 N–H and O–H groups in total. The highest BCUT2D eigenvalue weighted by Crippen LogP contribution is 2.35. The predicted octanol–water partition coefficient (Wildman–Crippen LogP) is 3.67. The van der Waals surface area contributed by atoms with Gasteiger partial charge in [0.05, 0.1) is 0 Å². The van der Waals surface area contributed by atoms with Gasteiger partial charge in [0, 0.05) is 12.1 Å². The van der Waals surface area contributed by atoms with E-state index in [1.807, 2.05) is 0 Å². The fourth-order valence-electron chi connectivity index (χ4n) is 4.16. The Morgan fingerprint density at radius 2 is 1.89 bits per heavy atom. The molecule has 2 heteroatoms. The first kappa shape index (κ1) is 15.3. The van der Waals surface area contributed by atoms with Crippen molar-refractivity contribution >= 4 is 0 Å². The largest absolute Gasteiger partial charge is 0.310 e. The molecular weight excluding hydrogens is 232 g/mol. The van der Waals surface area contributed by atoms with Crippen molar-refractivity contribution in [2.24, 2.45) is 11.3 Å². The van der Waals surface area contributed by atoms with E-state index in [1.165, 1.54) is 64.7 Å². The molecule has 2 fully saturated rings. The van der Waals surface area contributed by atoms with Crippen molar-refractivity contribution in [3.8, 4) is 0 Å². The number of nitrogens with zero attached hydrogens (tertiary/aromatic N) is 1. The molecule has 0 aromatic rings. The third-order valence-electron chi connectivity index (χ3n) is 5.40. The highest BCUT2D eigenvalue weighted by atomic mass is 15.2. The van der Waals surface area contributed by atoms with Crippen molar-refractivity contribution in [3.63, 3.8) is 0 Å². The van der Waals surface area contributed by atoms with Gasteiger partial charge in [0.25, 0.3) is 0 Å². The number of piperidine rings is 1. The summed E-state index contributed by atoms with van der Waals surface area (Å²) in [6, 6.07) is 0. The summed E-state index contributed by atoms with van der Waals surface area (Å²) in [5, 5.41) is 3.82. The summed E-state index contributed by atoms with van der Waals surface area (Å²) in [5.74, 6) is 0.919. The van der Waals surface area contributed by atoms with E-state index in [4.69, 9.17) is 0 Å². The molecule has 2 rings (SSSR count). The molecule has 2 heterocycles. The molecule has 112 valence electrons. The van der Waals surface area contributed by atoms with Gasteiger partial charge in [-0.3, -0.25) is 0 Å². The van der Waals surface area contributed by atoms with Gasteiger partial charge in [-0.25, -0.2) is 0 Å². The smallest absolute Gasteiger partial charge is 0.0309 e.